The summed E-state index contributed by atoms with van der Waals surface area (Å²) in [6.45, 7) is -0.330. The zero-order chi connectivity index (χ0) is 21.4. The number of para-hydroxylation sites is 1. The van der Waals surface area contributed by atoms with Crippen LogP contribution in [0, 0.1) is 0 Å². The van der Waals surface area contributed by atoms with Crippen LogP contribution >= 0.6 is 0 Å². The number of nitrogens with one attached hydrogen (secondary N) is 1. The Labute approximate surface area is 175 Å². The van der Waals surface area contributed by atoms with Crippen LogP contribution in [0.25, 0.3) is 0 Å². The van der Waals surface area contributed by atoms with Gasteiger partial charge in [0, 0.05) is 18.9 Å². The second-order valence-corrected chi connectivity index (χ2v) is 8.53. The molecule has 0 aliphatic heterocycles. The molecule has 1 atom stereocenters. The number of methoxy groups -OCH3 is 1. The molecule has 156 valence electrons. The highest BCUT2D eigenvalue weighted by Crippen LogP contribution is 2.29. The largest absolute Gasteiger partial charge is 0.497 e. The predicted octanol–water partition coefficient (Wildman–Crippen LogP) is 2.80. The minimum atomic E-state index is -3.79. The fraction of sp³-hybridized carbons (Fsp3) is 0.182. The molecule has 0 radical (unpaired) electrons. The lowest BCUT2D eigenvalue weighted by Crippen LogP contribution is -2.35. The van der Waals surface area contributed by atoms with Gasteiger partial charge in [0.1, 0.15) is 16.7 Å². The van der Waals surface area contributed by atoms with Gasteiger partial charge in [0.25, 0.3) is 5.91 Å². The van der Waals surface area contributed by atoms with Crippen LogP contribution in [0.15, 0.2) is 84.0 Å². The zero-order valence-corrected chi connectivity index (χ0v) is 17.2. The van der Waals surface area contributed by atoms with Gasteiger partial charge in [0.15, 0.2) is 16.4 Å². The van der Waals surface area contributed by atoms with E-state index < -0.39 is 21.0 Å². The lowest BCUT2D eigenvalue weighted by atomic mass is 10.2. The molecule has 3 aromatic rings. The molecule has 3 rings (SSSR count). The SMILES string of the molecule is COc1ccc(S(=O)(=O)[C@H](CNC(=O)COc2ccccc2)c2cccnc2)cc1. The maximum Gasteiger partial charge on any atom is 0.257 e. The summed E-state index contributed by atoms with van der Waals surface area (Å²) in [5.41, 5.74) is 0.484. The molecular formula is C22H22N2O5S. The van der Waals surface area contributed by atoms with E-state index in [0.717, 1.165) is 0 Å². The number of amides is 1. The summed E-state index contributed by atoms with van der Waals surface area (Å²) >= 11 is 0. The van der Waals surface area contributed by atoms with Gasteiger partial charge in [-0.15, -0.1) is 0 Å². The van der Waals surface area contributed by atoms with Gasteiger partial charge in [0.05, 0.1) is 12.0 Å². The molecule has 0 saturated heterocycles. The first-order chi connectivity index (χ1) is 14.5. The average Bonchev–Trinajstić information content (AvgIpc) is 2.79. The van der Waals surface area contributed by atoms with E-state index in [4.69, 9.17) is 9.47 Å². The lowest BCUT2D eigenvalue weighted by molar-refractivity contribution is -0.123. The van der Waals surface area contributed by atoms with E-state index >= 15 is 0 Å². The van der Waals surface area contributed by atoms with Crippen molar-refractivity contribution in [1.82, 2.24) is 10.3 Å². The zero-order valence-electron chi connectivity index (χ0n) is 16.4. The van der Waals surface area contributed by atoms with E-state index in [9.17, 15) is 13.2 Å². The van der Waals surface area contributed by atoms with Crippen LogP contribution in [0.1, 0.15) is 10.8 Å². The molecule has 30 heavy (non-hydrogen) atoms. The Morgan fingerprint density at radius 2 is 1.73 bits per heavy atom. The van der Waals surface area contributed by atoms with E-state index in [1.165, 1.54) is 25.4 Å². The van der Waals surface area contributed by atoms with Crippen LogP contribution in [-0.2, 0) is 14.6 Å². The van der Waals surface area contributed by atoms with Crippen LogP contribution in [0.5, 0.6) is 11.5 Å². The van der Waals surface area contributed by atoms with Gasteiger partial charge in [-0.25, -0.2) is 8.42 Å². The van der Waals surface area contributed by atoms with Gasteiger partial charge >= 0.3 is 0 Å². The first-order valence-electron chi connectivity index (χ1n) is 9.23. The first kappa shape index (κ1) is 21.3. The van der Waals surface area contributed by atoms with Gasteiger partial charge in [-0.1, -0.05) is 24.3 Å². The Morgan fingerprint density at radius 1 is 1.00 bits per heavy atom. The summed E-state index contributed by atoms with van der Waals surface area (Å²) in [4.78, 5) is 16.4. The Bertz CT molecular complexity index is 1060. The van der Waals surface area contributed by atoms with Crippen molar-refractivity contribution in [2.45, 2.75) is 10.1 Å². The number of carbonyl (C=O) groups excluding carboxylic acids is 1. The summed E-state index contributed by atoms with van der Waals surface area (Å²) in [6.07, 6.45) is 3.05. The molecule has 0 bridgehead atoms. The number of aromatic nitrogens is 1. The second-order valence-electron chi connectivity index (χ2n) is 6.40. The Morgan fingerprint density at radius 3 is 2.37 bits per heavy atom. The maximum absolute atomic E-state index is 13.3. The van der Waals surface area contributed by atoms with Crippen LogP contribution in [0.2, 0.25) is 0 Å². The third-order valence-corrected chi connectivity index (χ3v) is 6.53. The normalized spacial score (nSPS) is 12.0. The third-order valence-electron chi connectivity index (χ3n) is 4.42. The van der Waals surface area contributed by atoms with Crippen LogP contribution in [-0.4, -0.2) is 39.6 Å². The molecule has 0 aliphatic rings. The number of hydrogen-bond acceptors (Lipinski definition) is 6. The molecule has 7 nitrogen and oxygen atoms in total. The smallest absolute Gasteiger partial charge is 0.257 e. The average molecular weight is 426 g/mol. The molecule has 1 heterocycles. The van der Waals surface area contributed by atoms with Crippen molar-refractivity contribution in [1.29, 1.82) is 0 Å². The van der Waals surface area contributed by atoms with Crippen LogP contribution in [0.4, 0.5) is 0 Å². The maximum atomic E-state index is 13.3. The first-order valence-corrected chi connectivity index (χ1v) is 10.8. The number of nitrogens with zero attached hydrogens (tertiary/aromatic N) is 1. The van der Waals surface area contributed by atoms with Crippen molar-refractivity contribution in [3.63, 3.8) is 0 Å². The molecule has 1 amide bonds. The van der Waals surface area contributed by atoms with Gasteiger partial charge in [-0.2, -0.15) is 0 Å². The number of sulfone groups is 1. The number of carbonyl (C=O) groups is 1. The molecule has 0 aliphatic carbocycles. The van der Waals surface area contributed by atoms with E-state index in [0.29, 0.717) is 17.1 Å². The number of benzene rings is 2. The van der Waals surface area contributed by atoms with Crippen LogP contribution < -0.4 is 14.8 Å². The van der Waals surface area contributed by atoms with E-state index in [1.807, 2.05) is 6.07 Å². The van der Waals surface area contributed by atoms with Crippen molar-refractivity contribution in [3.05, 3.63) is 84.7 Å². The van der Waals surface area contributed by atoms with Crippen molar-refractivity contribution < 1.29 is 22.7 Å². The molecule has 0 spiro atoms. The molecule has 2 aromatic carbocycles. The van der Waals surface area contributed by atoms with Gasteiger partial charge < -0.3 is 14.8 Å². The lowest BCUT2D eigenvalue weighted by Gasteiger charge is -2.19. The summed E-state index contributed by atoms with van der Waals surface area (Å²) < 4.78 is 37.1. The monoisotopic (exact) mass is 426 g/mol. The Balaban J connectivity index is 1.75. The quantitative estimate of drug-likeness (QED) is 0.565. The van der Waals surface area contributed by atoms with Crippen molar-refractivity contribution in [2.75, 3.05) is 20.3 Å². The summed E-state index contributed by atoms with van der Waals surface area (Å²) in [5.74, 6) is 0.693. The fourth-order valence-corrected chi connectivity index (χ4v) is 4.47. The highest BCUT2D eigenvalue weighted by Gasteiger charge is 2.30. The van der Waals surface area contributed by atoms with Crippen molar-refractivity contribution in [3.8, 4) is 11.5 Å². The molecule has 8 heteroatoms. The predicted molar refractivity (Wildman–Crippen MR) is 112 cm³/mol. The summed E-state index contributed by atoms with van der Waals surface area (Å²) in [6, 6.07) is 18.4. The van der Waals surface area contributed by atoms with E-state index in [1.54, 1.807) is 54.7 Å². The molecule has 0 fully saturated rings. The van der Waals surface area contributed by atoms with Crippen molar-refractivity contribution in [2.24, 2.45) is 0 Å². The minimum Gasteiger partial charge on any atom is -0.497 e. The van der Waals surface area contributed by atoms with Gasteiger partial charge in [0.2, 0.25) is 0 Å². The van der Waals surface area contributed by atoms with Gasteiger partial charge in [-0.3, -0.25) is 9.78 Å². The molecule has 1 aromatic heterocycles. The molecular weight excluding hydrogens is 404 g/mol. The van der Waals surface area contributed by atoms with Gasteiger partial charge in [-0.05, 0) is 48.0 Å². The van der Waals surface area contributed by atoms with E-state index in [-0.39, 0.29) is 18.0 Å². The molecule has 0 unspecified atom stereocenters. The molecule has 1 N–H and O–H groups in total. The second kappa shape index (κ2) is 9.89. The number of ether oxygens (including phenoxy) is 2. The third kappa shape index (κ3) is 5.36. The molecule has 0 saturated carbocycles. The topological polar surface area (TPSA) is 94.6 Å². The standard InChI is InChI=1S/C22H22N2O5S/c1-28-18-9-11-20(12-10-18)30(26,27)21(17-6-5-13-23-14-17)15-24-22(25)16-29-19-7-3-2-4-8-19/h2-14,21H,15-16H2,1H3,(H,24,25)/t21-/m1/s1. The fourth-order valence-electron chi connectivity index (χ4n) is 2.83. The summed E-state index contributed by atoms with van der Waals surface area (Å²) in [7, 11) is -2.28. The number of hydrogen-bond donors (Lipinski definition) is 1. The number of rotatable bonds is 9. The van der Waals surface area contributed by atoms with Crippen molar-refractivity contribution >= 4 is 15.7 Å². The van der Waals surface area contributed by atoms with E-state index in [2.05, 4.69) is 10.3 Å². The number of pyridine rings is 1. The summed E-state index contributed by atoms with van der Waals surface area (Å²) in [5, 5.41) is 1.65. The highest BCUT2D eigenvalue weighted by molar-refractivity contribution is 7.91. The highest BCUT2D eigenvalue weighted by atomic mass is 32.2. The van der Waals surface area contributed by atoms with Crippen LogP contribution in [0.3, 0.4) is 0 Å². The Kier molecular flexibility index (Phi) is 7.03. The minimum absolute atomic E-state index is 0.114. The Hall–Kier alpha value is -3.39.